The topological polar surface area (TPSA) is 52.6 Å². The first-order valence-corrected chi connectivity index (χ1v) is 6.24. The summed E-state index contributed by atoms with van der Waals surface area (Å²) in [5, 5.41) is 12.3. The molecular weight excluding hydrogens is 204 g/mol. The Morgan fingerprint density at radius 1 is 1.44 bits per heavy atom. The number of aliphatic carboxylic acids is 1. The van der Waals surface area contributed by atoms with Crippen LogP contribution in [0.5, 0.6) is 0 Å². The lowest BCUT2D eigenvalue weighted by Gasteiger charge is -2.26. The van der Waals surface area contributed by atoms with E-state index in [-0.39, 0.29) is 0 Å². The second kappa shape index (κ2) is 6.21. The summed E-state index contributed by atoms with van der Waals surface area (Å²) in [7, 11) is 0. The molecule has 0 aliphatic heterocycles. The molecule has 0 amide bonds. The summed E-state index contributed by atoms with van der Waals surface area (Å²) >= 11 is 0. The summed E-state index contributed by atoms with van der Waals surface area (Å²) in [4.78, 5) is 13.3. The average molecular weight is 228 g/mol. The molecule has 4 nitrogen and oxygen atoms in total. The van der Waals surface area contributed by atoms with Gasteiger partial charge >= 0.3 is 5.97 Å². The lowest BCUT2D eigenvalue weighted by Crippen LogP contribution is -2.47. The molecule has 0 spiro atoms. The van der Waals surface area contributed by atoms with E-state index in [1.165, 1.54) is 0 Å². The van der Waals surface area contributed by atoms with Crippen molar-refractivity contribution < 1.29 is 9.90 Å². The maximum Gasteiger partial charge on any atom is 0.322 e. The van der Waals surface area contributed by atoms with Gasteiger partial charge in [-0.1, -0.05) is 20.8 Å². The third kappa shape index (κ3) is 4.94. The Morgan fingerprint density at radius 3 is 2.44 bits per heavy atom. The molecule has 1 unspecified atom stereocenters. The fourth-order valence-electron chi connectivity index (χ4n) is 1.84. The van der Waals surface area contributed by atoms with Crippen molar-refractivity contribution in [2.24, 2.45) is 5.92 Å². The zero-order valence-electron chi connectivity index (χ0n) is 10.6. The van der Waals surface area contributed by atoms with E-state index in [1.54, 1.807) is 0 Å². The zero-order chi connectivity index (χ0) is 12.1. The van der Waals surface area contributed by atoms with Crippen LogP contribution < -0.4 is 5.32 Å². The summed E-state index contributed by atoms with van der Waals surface area (Å²) in [6.45, 7) is 8.89. The highest BCUT2D eigenvalue weighted by atomic mass is 16.4. The number of likely N-dealkylation sites (N-methyl/N-ethyl adjacent to an activating group) is 1. The van der Waals surface area contributed by atoms with Crippen LogP contribution in [0.25, 0.3) is 0 Å². The van der Waals surface area contributed by atoms with Gasteiger partial charge in [-0.25, -0.2) is 0 Å². The Hall–Kier alpha value is -0.610. The Morgan fingerprint density at radius 2 is 2.06 bits per heavy atom. The highest BCUT2D eigenvalue weighted by Crippen LogP contribution is 2.19. The summed E-state index contributed by atoms with van der Waals surface area (Å²) < 4.78 is 0. The van der Waals surface area contributed by atoms with Crippen molar-refractivity contribution in [2.75, 3.05) is 19.6 Å². The molecule has 0 heterocycles. The molecule has 2 N–H and O–H groups in total. The molecule has 0 aromatic carbocycles. The lowest BCUT2D eigenvalue weighted by atomic mass is 10.2. The summed E-state index contributed by atoms with van der Waals surface area (Å²) in [6, 6.07) is 0.0325. The summed E-state index contributed by atoms with van der Waals surface area (Å²) in [6.07, 6.45) is 2.25. The van der Waals surface area contributed by atoms with E-state index < -0.39 is 12.0 Å². The Kier molecular flexibility index (Phi) is 5.22. The van der Waals surface area contributed by atoms with Crippen molar-refractivity contribution in [1.29, 1.82) is 0 Å². The summed E-state index contributed by atoms with van der Waals surface area (Å²) in [5.41, 5.74) is 0. The first kappa shape index (κ1) is 13.5. The second-order valence-electron chi connectivity index (χ2n) is 5.08. The number of hydrogen-bond acceptors (Lipinski definition) is 3. The standard InChI is InChI=1S/C12H24N2O2/c1-4-14(7-9(2)3)8-11(12(15)16)13-10-5-6-10/h9-11,13H,4-8H2,1-3H3,(H,15,16). The van der Waals surface area contributed by atoms with Gasteiger partial charge < -0.3 is 15.3 Å². The van der Waals surface area contributed by atoms with Crippen molar-refractivity contribution in [3.8, 4) is 0 Å². The molecule has 94 valence electrons. The molecule has 4 heteroatoms. The van der Waals surface area contributed by atoms with E-state index in [0.29, 0.717) is 18.5 Å². The highest BCUT2D eigenvalue weighted by molar-refractivity contribution is 5.73. The van der Waals surface area contributed by atoms with Crippen LogP contribution in [0.1, 0.15) is 33.6 Å². The molecule has 0 saturated heterocycles. The first-order chi connectivity index (χ1) is 7.52. The van der Waals surface area contributed by atoms with Crippen LogP contribution in [0.4, 0.5) is 0 Å². The van der Waals surface area contributed by atoms with E-state index in [4.69, 9.17) is 5.11 Å². The molecule has 0 aromatic heterocycles. The van der Waals surface area contributed by atoms with Crippen molar-refractivity contribution >= 4 is 5.97 Å². The largest absolute Gasteiger partial charge is 0.480 e. The SMILES string of the molecule is CCN(CC(C)C)CC(NC1CC1)C(=O)O. The van der Waals surface area contributed by atoms with Crippen LogP contribution in [0, 0.1) is 5.92 Å². The van der Waals surface area contributed by atoms with Crippen molar-refractivity contribution in [2.45, 2.75) is 45.7 Å². The monoisotopic (exact) mass is 228 g/mol. The number of hydrogen-bond donors (Lipinski definition) is 2. The van der Waals surface area contributed by atoms with E-state index in [2.05, 4.69) is 31.0 Å². The zero-order valence-corrected chi connectivity index (χ0v) is 10.6. The van der Waals surface area contributed by atoms with Gasteiger partial charge in [-0.2, -0.15) is 0 Å². The molecule has 1 aliphatic rings. The molecule has 0 bridgehead atoms. The summed E-state index contributed by atoms with van der Waals surface area (Å²) in [5.74, 6) is -0.149. The van der Waals surface area contributed by atoms with Crippen molar-refractivity contribution in [1.82, 2.24) is 10.2 Å². The van der Waals surface area contributed by atoms with E-state index in [9.17, 15) is 4.79 Å². The minimum Gasteiger partial charge on any atom is -0.480 e. The number of carbonyl (C=O) groups is 1. The minimum absolute atomic E-state index is 0.411. The van der Waals surface area contributed by atoms with Crippen LogP contribution >= 0.6 is 0 Å². The van der Waals surface area contributed by atoms with Gasteiger partial charge in [0.25, 0.3) is 0 Å². The van der Waals surface area contributed by atoms with E-state index in [0.717, 1.165) is 25.9 Å². The van der Waals surface area contributed by atoms with Gasteiger partial charge in [0.2, 0.25) is 0 Å². The normalized spacial score (nSPS) is 18.1. The second-order valence-corrected chi connectivity index (χ2v) is 5.08. The quantitative estimate of drug-likeness (QED) is 0.655. The molecule has 1 fully saturated rings. The van der Waals surface area contributed by atoms with Crippen LogP contribution in [0.2, 0.25) is 0 Å². The molecule has 0 aromatic rings. The van der Waals surface area contributed by atoms with Crippen LogP contribution in [-0.2, 0) is 4.79 Å². The third-order valence-corrected chi connectivity index (χ3v) is 2.82. The van der Waals surface area contributed by atoms with Gasteiger partial charge in [0, 0.05) is 19.1 Å². The fourth-order valence-corrected chi connectivity index (χ4v) is 1.84. The van der Waals surface area contributed by atoms with Gasteiger partial charge in [-0.05, 0) is 25.3 Å². The van der Waals surface area contributed by atoms with Gasteiger partial charge in [0.05, 0.1) is 0 Å². The molecule has 16 heavy (non-hydrogen) atoms. The van der Waals surface area contributed by atoms with Crippen LogP contribution in [0.15, 0.2) is 0 Å². The molecule has 1 saturated carbocycles. The Labute approximate surface area is 98.0 Å². The van der Waals surface area contributed by atoms with Crippen molar-refractivity contribution in [3.63, 3.8) is 0 Å². The predicted molar refractivity (Wildman–Crippen MR) is 64.5 cm³/mol. The molecule has 1 aliphatic carbocycles. The van der Waals surface area contributed by atoms with Crippen LogP contribution in [-0.4, -0.2) is 47.7 Å². The number of rotatable bonds is 8. The minimum atomic E-state index is -0.728. The van der Waals surface area contributed by atoms with Gasteiger partial charge in [0.1, 0.15) is 6.04 Å². The predicted octanol–water partition coefficient (Wildman–Crippen LogP) is 1.17. The van der Waals surface area contributed by atoms with E-state index in [1.807, 2.05) is 0 Å². The fraction of sp³-hybridized carbons (Fsp3) is 0.917. The molecule has 0 radical (unpaired) electrons. The average Bonchev–Trinajstić information content (AvgIpc) is 2.98. The maximum absolute atomic E-state index is 11.1. The maximum atomic E-state index is 11.1. The van der Waals surface area contributed by atoms with Crippen LogP contribution in [0.3, 0.4) is 0 Å². The van der Waals surface area contributed by atoms with Gasteiger partial charge in [0.15, 0.2) is 0 Å². The van der Waals surface area contributed by atoms with Gasteiger partial charge in [-0.15, -0.1) is 0 Å². The third-order valence-electron chi connectivity index (χ3n) is 2.82. The number of nitrogens with zero attached hydrogens (tertiary/aromatic N) is 1. The number of carboxylic acids is 1. The lowest BCUT2D eigenvalue weighted by molar-refractivity contribution is -0.140. The Bertz CT molecular complexity index is 227. The molecular formula is C12H24N2O2. The highest BCUT2D eigenvalue weighted by Gasteiger charge is 2.29. The van der Waals surface area contributed by atoms with E-state index >= 15 is 0 Å². The molecule has 1 atom stereocenters. The molecule has 1 rings (SSSR count). The smallest absolute Gasteiger partial charge is 0.322 e. The van der Waals surface area contributed by atoms with Gasteiger partial charge in [-0.3, -0.25) is 4.79 Å². The Balaban J connectivity index is 2.40. The number of carboxylic acid groups (broad SMARTS) is 1. The van der Waals surface area contributed by atoms with Crippen molar-refractivity contribution in [3.05, 3.63) is 0 Å². The number of nitrogens with one attached hydrogen (secondary N) is 1. The first-order valence-electron chi connectivity index (χ1n) is 6.24.